The van der Waals surface area contributed by atoms with Crippen molar-refractivity contribution in [2.45, 2.75) is 40.2 Å². The fraction of sp³-hybridized carbons (Fsp3) is 0.375. The molecule has 0 aliphatic heterocycles. The smallest absolute Gasteiger partial charge is 0.412 e. The minimum absolute atomic E-state index is 0.320. The molecule has 0 aliphatic rings. The summed E-state index contributed by atoms with van der Waals surface area (Å²) in [5.74, 6) is -0.390. The lowest BCUT2D eigenvalue weighted by Crippen LogP contribution is -2.27. The zero-order valence-electron chi connectivity index (χ0n) is 13.4. The van der Waals surface area contributed by atoms with E-state index in [1.807, 2.05) is 6.92 Å². The number of hydrogen-bond acceptors (Lipinski definition) is 3. The molecule has 2 N–H and O–H groups in total. The van der Waals surface area contributed by atoms with Crippen LogP contribution in [0.4, 0.5) is 14.9 Å². The first-order valence-corrected chi connectivity index (χ1v) is 6.98. The van der Waals surface area contributed by atoms with Gasteiger partial charge in [0.1, 0.15) is 11.4 Å². The number of rotatable bonds is 2. The van der Waals surface area contributed by atoms with Crippen molar-refractivity contribution in [1.29, 1.82) is 0 Å². The predicted molar refractivity (Wildman–Crippen MR) is 83.3 cm³/mol. The molecule has 0 saturated carbocycles. The fourth-order valence-electron chi connectivity index (χ4n) is 1.97. The largest absolute Gasteiger partial charge is 0.444 e. The zero-order valence-corrected chi connectivity index (χ0v) is 13.4. The van der Waals surface area contributed by atoms with Crippen LogP contribution in [-0.2, 0) is 4.74 Å². The highest BCUT2D eigenvalue weighted by atomic mass is 19.1. The van der Waals surface area contributed by atoms with E-state index in [-0.39, 0.29) is 0 Å². The van der Waals surface area contributed by atoms with Gasteiger partial charge in [-0.3, -0.25) is 10.4 Å². The van der Waals surface area contributed by atoms with Gasteiger partial charge in [0.2, 0.25) is 0 Å². The average Bonchev–Trinajstić information content (AvgIpc) is 2.77. The van der Waals surface area contributed by atoms with E-state index in [1.54, 1.807) is 39.8 Å². The van der Waals surface area contributed by atoms with Crippen LogP contribution in [0.3, 0.4) is 0 Å². The Bertz CT molecular complexity index is 702. The van der Waals surface area contributed by atoms with Gasteiger partial charge in [0.25, 0.3) is 0 Å². The highest BCUT2D eigenvalue weighted by Crippen LogP contribution is 2.28. The van der Waals surface area contributed by atoms with Crippen molar-refractivity contribution in [3.63, 3.8) is 0 Å². The number of anilines is 1. The van der Waals surface area contributed by atoms with E-state index in [0.29, 0.717) is 22.5 Å². The SMILES string of the molecule is Cc1cc(-c2cc(NC(=O)OC(C)(C)C)c(C)cc2F)n[nH]1. The van der Waals surface area contributed by atoms with Crippen LogP contribution in [0.25, 0.3) is 11.3 Å². The Hall–Kier alpha value is -2.37. The Morgan fingerprint density at radius 3 is 2.50 bits per heavy atom. The first-order chi connectivity index (χ1) is 10.2. The van der Waals surface area contributed by atoms with E-state index in [9.17, 15) is 9.18 Å². The minimum Gasteiger partial charge on any atom is -0.444 e. The number of nitrogens with one attached hydrogen (secondary N) is 2. The molecule has 0 saturated heterocycles. The number of aromatic amines is 1. The highest BCUT2D eigenvalue weighted by Gasteiger charge is 2.18. The first kappa shape index (κ1) is 16.0. The summed E-state index contributed by atoms with van der Waals surface area (Å²) in [5, 5.41) is 9.46. The second-order valence-electron chi connectivity index (χ2n) is 6.21. The normalized spacial score (nSPS) is 11.4. The van der Waals surface area contributed by atoms with Gasteiger partial charge in [-0.25, -0.2) is 9.18 Å². The molecule has 0 atom stereocenters. The Balaban J connectivity index is 2.31. The van der Waals surface area contributed by atoms with Gasteiger partial charge in [0, 0.05) is 16.9 Å². The summed E-state index contributed by atoms with van der Waals surface area (Å²) < 4.78 is 19.3. The number of carbonyl (C=O) groups excluding carboxylic acids is 1. The van der Waals surface area contributed by atoms with Crippen LogP contribution in [0.1, 0.15) is 32.0 Å². The van der Waals surface area contributed by atoms with Gasteiger partial charge in [-0.2, -0.15) is 5.10 Å². The van der Waals surface area contributed by atoms with Gasteiger partial charge in [0.05, 0.1) is 5.69 Å². The highest BCUT2D eigenvalue weighted by molar-refractivity contribution is 5.87. The lowest BCUT2D eigenvalue weighted by Gasteiger charge is -2.20. The van der Waals surface area contributed by atoms with Crippen LogP contribution in [0, 0.1) is 19.7 Å². The number of nitrogens with zero attached hydrogens (tertiary/aromatic N) is 1. The number of benzene rings is 1. The van der Waals surface area contributed by atoms with E-state index in [1.165, 1.54) is 6.07 Å². The molecule has 2 aromatic rings. The number of hydrogen-bond donors (Lipinski definition) is 2. The minimum atomic E-state index is -0.597. The van der Waals surface area contributed by atoms with Gasteiger partial charge in [0.15, 0.2) is 0 Å². The van der Waals surface area contributed by atoms with E-state index in [4.69, 9.17) is 4.74 Å². The molecule has 118 valence electrons. The molecule has 22 heavy (non-hydrogen) atoms. The van der Waals surface area contributed by atoms with Gasteiger partial charge < -0.3 is 4.74 Å². The summed E-state index contributed by atoms with van der Waals surface area (Å²) in [7, 11) is 0. The second-order valence-corrected chi connectivity index (χ2v) is 6.21. The third kappa shape index (κ3) is 3.84. The van der Waals surface area contributed by atoms with E-state index in [0.717, 1.165) is 5.69 Å². The Morgan fingerprint density at radius 1 is 1.27 bits per heavy atom. The molecule has 1 amide bonds. The first-order valence-electron chi connectivity index (χ1n) is 6.98. The topological polar surface area (TPSA) is 67.0 Å². The van der Waals surface area contributed by atoms with Crippen LogP contribution >= 0.6 is 0 Å². The maximum absolute atomic E-state index is 14.1. The maximum atomic E-state index is 14.1. The summed E-state index contributed by atoms with van der Waals surface area (Å²) >= 11 is 0. The van der Waals surface area contributed by atoms with Crippen LogP contribution in [-0.4, -0.2) is 21.9 Å². The Labute approximate surface area is 128 Å². The quantitative estimate of drug-likeness (QED) is 0.874. The van der Waals surface area contributed by atoms with Crippen LogP contribution in [0.5, 0.6) is 0 Å². The maximum Gasteiger partial charge on any atom is 0.412 e. The number of halogens is 1. The van der Waals surface area contributed by atoms with Crippen molar-refractivity contribution in [3.05, 3.63) is 35.3 Å². The molecular weight excluding hydrogens is 285 g/mol. The zero-order chi connectivity index (χ0) is 16.5. The van der Waals surface area contributed by atoms with E-state index < -0.39 is 17.5 Å². The molecule has 0 unspecified atom stereocenters. The molecule has 0 spiro atoms. The number of amides is 1. The van der Waals surface area contributed by atoms with Gasteiger partial charge >= 0.3 is 6.09 Å². The average molecular weight is 305 g/mol. The number of aromatic nitrogens is 2. The molecule has 0 bridgehead atoms. The van der Waals surface area contributed by atoms with Crippen molar-refractivity contribution >= 4 is 11.8 Å². The molecule has 2 rings (SSSR count). The molecule has 0 fully saturated rings. The summed E-state index contributed by atoms with van der Waals surface area (Å²) in [6.45, 7) is 8.89. The third-order valence-corrected chi connectivity index (χ3v) is 2.93. The summed E-state index contributed by atoms with van der Waals surface area (Å²) in [4.78, 5) is 11.9. The predicted octanol–water partition coefficient (Wildman–Crippen LogP) is 4.18. The van der Waals surface area contributed by atoms with Gasteiger partial charge in [-0.1, -0.05) is 0 Å². The number of aryl methyl sites for hydroxylation is 2. The van der Waals surface area contributed by atoms with Crippen LogP contribution in [0.15, 0.2) is 18.2 Å². The molecule has 5 nitrogen and oxygen atoms in total. The third-order valence-electron chi connectivity index (χ3n) is 2.93. The van der Waals surface area contributed by atoms with Crippen molar-refractivity contribution in [2.75, 3.05) is 5.32 Å². The molecule has 1 heterocycles. The van der Waals surface area contributed by atoms with Crippen LogP contribution in [0.2, 0.25) is 0 Å². The molecule has 6 heteroatoms. The van der Waals surface area contributed by atoms with E-state index >= 15 is 0 Å². The number of H-pyrrole nitrogens is 1. The monoisotopic (exact) mass is 305 g/mol. The number of carbonyl (C=O) groups is 1. The molecular formula is C16H20FN3O2. The van der Waals surface area contributed by atoms with Gasteiger partial charge in [-0.15, -0.1) is 0 Å². The standard InChI is InChI=1S/C16H20FN3O2/c1-9-6-12(17)11(14-7-10(2)19-20-14)8-13(9)18-15(21)22-16(3,4)5/h6-8H,1-5H3,(H,18,21)(H,19,20). The van der Waals surface area contributed by atoms with Crippen molar-refractivity contribution in [2.24, 2.45) is 0 Å². The molecule has 0 aliphatic carbocycles. The van der Waals surface area contributed by atoms with E-state index in [2.05, 4.69) is 15.5 Å². The van der Waals surface area contributed by atoms with Crippen LogP contribution < -0.4 is 5.32 Å². The Kier molecular flexibility index (Phi) is 4.21. The molecule has 0 radical (unpaired) electrons. The fourth-order valence-corrected chi connectivity index (χ4v) is 1.97. The van der Waals surface area contributed by atoms with Gasteiger partial charge in [-0.05, 0) is 58.4 Å². The Morgan fingerprint density at radius 2 is 1.95 bits per heavy atom. The second kappa shape index (κ2) is 5.79. The summed E-state index contributed by atoms with van der Waals surface area (Å²) in [6, 6.07) is 4.67. The van der Waals surface area contributed by atoms with Crippen molar-refractivity contribution < 1.29 is 13.9 Å². The molecule has 1 aromatic carbocycles. The molecule has 1 aromatic heterocycles. The van der Waals surface area contributed by atoms with Crippen molar-refractivity contribution in [1.82, 2.24) is 10.2 Å². The summed E-state index contributed by atoms with van der Waals surface area (Å²) in [6.07, 6.45) is -0.577. The number of ether oxygens (including phenoxy) is 1. The lowest BCUT2D eigenvalue weighted by atomic mass is 10.1. The summed E-state index contributed by atoms with van der Waals surface area (Å²) in [5.41, 5.74) is 2.14. The lowest BCUT2D eigenvalue weighted by molar-refractivity contribution is 0.0636. The van der Waals surface area contributed by atoms with Crippen molar-refractivity contribution in [3.8, 4) is 11.3 Å².